The van der Waals surface area contributed by atoms with Crippen molar-refractivity contribution in [3.8, 4) is 0 Å². The van der Waals surface area contributed by atoms with Gasteiger partial charge >= 0.3 is 0 Å². The van der Waals surface area contributed by atoms with Crippen molar-refractivity contribution in [3.05, 3.63) is 11.8 Å². The Kier molecular flexibility index (Phi) is 3.29. The summed E-state index contributed by atoms with van der Waals surface area (Å²) in [6.07, 6.45) is -0.272. The van der Waals surface area contributed by atoms with Gasteiger partial charge < -0.3 is 15.9 Å². The fraction of sp³-hybridized carbons (Fsp3) is 0.571. The number of aliphatic hydroxyl groups excluding tert-OH is 2. The number of aromatic nitrogens is 2. The van der Waals surface area contributed by atoms with Crippen molar-refractivity contribution >= 4 is 21.7 Å². The van der Waals surface area contributed by atoms with E-state index in [1.54, 1.807) is 13.2 Å². The number of rotatable bonds is 3. The molecule has 0 aliphatic carbocycles. The first-order chi connectivity index (χ1) is 6.06. The Hall–Kier alpha value is -0.590. The first kappa shape index (κ1) is 10.5. The molecule has 0 saturated heterocycles. The molecule has 6 heteroatoms. The molecule has 0 spiro atoms. The van der Waals surface area contributed by atoms with Gasteiger partial charge in [0.05, 0.1) is 6.10 Å². The molecular formula is C7H12BrN3O2. The molecule has 0 aliphatic heterocycles. The van der Waals surface area contributed by atoms with E-state index in [2.05, 4.69) is 21.0 Å². The van der Waals surface area contributed by atoms with Gasteiger partial charge in [0.25, 0.3) is 0 Å². The van der Waals surface area contributed by atoms with Gasteiger partial charge in [0.2, 0.25) is 0 Å². The molecule has 0 amide bonds. The molecular weight excluding hydrogens is 238 g/mol. The minimum Gasteiger partial charge on any atom is -0.389 e. The minimum atomic E-state index is -0.993. The van der Waals surface area contributed by atoms with Crippen LogP contribution < -0.4 is 5.73 Å². The molecule has 1 heterocycles. The van der Waals surface area contributed by atoms with Crippen molar-refractivity contribution in [2.45, 2.75) is 12.2 Å². The summed E-state index contributed by atoms with van der Waals surface area (Å²) in [6.45, 7) is 0. The van der Waals surface area contributed by atoms with Crippen molar-refractivity contribution in [2.75, 3.05) is 11.1 Å². The smallest absolute Gasteiger partial charge is 0.151 e. The molecule has 1 aromatic rings. The number of aryl methyl sites for hydroxylation is 1. The SMILES string of the molecule is Cn1cc(C(O)C(O)CBr)c(N)n1. The molecule has 0 radical (unpaired) electrons. The van der Waals surface area contributed by atoms with E-state index in [0.29, 0.717) is 10.9 Å². The highest BCUT2D eigenvalue weighted by atomic mass is 79.9. The zero-order valence-corrected chi connectivity index (χ0v) is 8.77. The third-order valence-corrected chi connectivity index (χ3v) is 2.39. The van der Waals surface area contributed by atoms with Crippen molar-refractivity contribution in [2.24, 2.45) is 7.05 Å². The molecule has 0 saturated carbocycles. The van der Waals surface area contributed by atoms with E-state index in [1.807, 2.05) is 0 Å². The lowest BCUT2D eigenvalue weighted by molar-refractivity contribution is 0.0347. The molecule has 0 aromatic carbocycles. The minimum absolute atomic E-state index is 0.245. The molecule has 2 unspecified atom stereocenters. The van der Waals surface area contributed by atoms with E-state index in [1.165, 1.54) is 4.68 Å². The Bertz CT molecular complexity index is 289. The van der Waals surface area contributed by atoms with Crippen molar-refractivity contribution in [1.29, 1.82) is 0 Å². The molecule has 0 bridgehead atoms. The predicted octanol–water partition coefficient (Wildman–Crippen LogP) is -0.209. The van der Waals surface area contributed by atoms with E-state index < -0.39 is 12.2 Å². The summed E-state index contributed by atoms with van der Waals surface area (Å²) in [5, 5.41) is 23.0. The Labute approximate surface area is 84.3 Å². The number of nitrogens with two attached hydrogens (primary N) is 1. The molecule has 13 heavy (non-hydrogen) atoms. The second kappa shape index (κ2) is 4.08. The highest BCUT2D eigenvalue weighted by Crippen LogP contribution is 2.22. The fourth-order valence-electron chi connectivity index (χ4n) is 1.04. The third kappa shape index (κ3) is 2.20. The van der Waals surface area contributed by atoms with Gasteiger partial charge in [-0.05, 0) is 0 Å². The van der Waals surface area contributed by atoms with Crippen molar-refractivity contribution in [3.63, 3.8) is 0 Å². The predicted molar refractivity (Wildman–Crippen MR) is 52.4 cm³/mol. The number of anilines is 1. The zero-order valence-electron chi connectivity index (χ0n) is 7.18. The molecule has 0 fully saturated rings. The molecule has 1 rings (SSSR count). The number of nitrogens with zero attached hydrogens (tertiary/aromatic N) is 2. The summed E-state index contributed by atoms with van der Waals surface area (Å²) in [4.78, 5) is 0. The average molecular weight is 250 g/mol. The van der Waals surface area contributed by atoms with Gasteiger partial charge in [0.1, 0.15) is 6.10 Å². The monoisotopic (exact) mass is 249 g/mol. The van der Waals surface area contributed by atoms with Crippen molar-refractivity contribution < 1.29 is 10.2 Å². The average Bonchev–Trinajstić information content (AvgIpc) is 2.42. The van der Waals surface area contributed by atoms with E-state index >= 15 is 0 Å². The maximum Gasteiger partial charge on any atom is 0.151 e. The molecule has 2 atom stereocenters. The highest BCUT2D eigenvalue weighted by molar-refractivity contribution is 9.09. The van der Waals surface area contributed by atoms with E-state index in [4.69, 9.17) is 5.73 Å². The van der Waals surface area contributed by atoms with Crippen LogP contribution in [0.5, 0.6) is 0 Å². The fourth-order valence-corrected chi connectivity index (χ4v) is 1.40. The summed E-state index contributed by atoms with van der Waals surface area (Å²) < 4.78 is 1.49. The Morgan fingerprint density at radius 3 is 2.69 bits per heavy atom. The third-order valence-electron chi connectivity index (χ3n) is 1.73. The summed E-state index contributed by atoms with van der Waals surface area (Å²) >= 11 is 3.07. The first-order valence-corrected chi connectivity index (χ1v) is 4.89. The number of nitrogen functional groups attached to an aromatic ring is 1. The van der Waals surface area contributed by atoms with Crippen LogP contribution in [0.4, 0.5) is 5.82 Å². The summed E-state index contributed by atoms with van der Waals surface area (Å²) in [5.74, 6) is 0.245. The molecule has 0 aliphatic rings. The van der Waals surface area contributed by atoms with Crippen LogP contribution >= 0.6 is 15.9 Å². The van der Waals surface area contributed by atoms with Gasteiger partial charge in [-0.3, -0.25) is 4.68 Å². The molecule has 1 aromatic heterocycles. The zero-order chi connectivity index (χ0) is 10.0. The number of hydrogen-bond acceptors (Lipinski definition) is 4. The maximum absolute atomic E-state index is 9.57. The van der Waals surface area contributed by atoms with Crippen LogP contribution in [0.15, 0.2) is 6.20 Å². The van der Waals surface area contributed by atoms with Crippen LogP contribution in [0.1, 0.15) is 11.7 Å². The van der Waals surface area contributed by atoms with Crippen LogP contribution in [0.3, 0.4) is 0 Å². The first-order valence-electron chi connectivity index (χ1n) is 3.77. The van der Waals surface area contributed by atoms with Crippen LogP contribution in [0.25, 0.3) is 0 Å². The number of halogens is 1. The Morgan fingerprint density at radius 2 is 2.31 bits per heavy atom. The van der Waals surface area contributed by atoms with Gasteiger partial charge in [-0.2, -0.15) is 5.10 Å². The van der Waals surface area contributed by atoms with Crippen molar-refractivity contribution in [1.82, 2.24) is 9.78 Å². The number of alkyl halides is 1. The van der Waals surface area contributed by atoms with E-state index in [9.17, 15) is 10.2 Å². The summed E-state index contributed by atoms with van der Waals surface area (Å²) in [6, 6.07) is 0. The Morgan fingerprint density at radius 1 is 1.69 bits per heavy atom. The largest absolute Gasteiger partial charge is 0.389 e. The lowest BCUT2D eigenvalue weighted by atomic mass is 10.1. The standard InChI is InChI=1S/C7H12BrN3O2/c1-11-3-4(7(9)10-11)6(13)5(12)2-8/h3,5-6,12-13H,2H2,1H3,(H2,9,10). The van der Waals surface area contributed by atoms with Crippen LogP contribution in [0.2, 0.25) is 0 Å². The van der Waals surface area contributed by atoms with Gasteiger partial charge in [-0.25, -0.2) is 0 Å². The Balaban J connectivity index is 2.87. The number of hydrogen-bond donors (Lipinski definition) is 3. The van der Waals surface area contributed by atoms with Gasteiger partial charge in [-0.1, -0.05) is 15.9 Å². The van der Waals surface area contributed by atoms with Gasteiger partial charge in [0, 0.05) is 24.1 Å². The quantitative estimate of drug-likeness (QED) is 0.648. The lowest BCUT2D eigenvalue weighted by Gasteiger charge is -2.13. The van der Waals surface area contributed by atoms with Gasteiger partial charge in [0.15, 0.2) is 5.82 Å². The molecule has 4 N–H and O–H groups in total. The van der Waals surface area contributed by atoms with E-state index in [0.717, 1.165) is 0 Å². The van der Waals surface area contributed by atoms with Gasteiger partial charge in [-0.15, -0.1) is 0 Å². The second-order valence-electron chi connectivity index (χ2n) is 2.81. The van der Waals surface area contributed by atoms with Crippen LogP contribution in [-0.2, 0) is 7.05 Å². The molecule has 5 nitrogen and oxygen atoms in total. The summed E-state index contributed by atoms with van der Waals surface area (Å²) in [5.41, 5.74) is 5.97. The topological polar surface area (TPSA) is 84.3 Å². The van der Waals surface area contributed by atoms with Crippen LogP contribution in [0, 0.1) is 0 Å². The number of aliphatic hydroxyl groups is 2. The normalized spacial score (nSPS) is 15.7. The highest BCUT2D eigenvalue weighted by Gasteiger charge is 2.21. The lowest BCUT2D eigenvalue weighted by Crippen LogP contribution is -2.19. The van der Waals surface area contributed by atoms with E-state index in [-0.39, 0.29) is 5.82 Å². The maximum atomic E-state index is 9.57. The molecule has 74 valence electrons. The second-order valence-corrected chi connectivity index (χ2v) is 3.46. The van der Waals surface area contributed by atoms with Crippen LogP contribution in [-0.4, -0.2) is 31.4 Å². The summed E-state index contributed by atoms with van der Waals surface area (Å²) in [7, 11) is 1.70.